The average Bonchev–Trinajstić information content (AvgIpc) is 3.19. The van der Waals surface area contributed by atoms with E-state index in [1.54, 1.807) is 28.8 Å². The zero-order valence-electron chi connectivity index (χ0n) is 17.1. The van der Waals surface area contributed by atoms with E-state index in [1.165, 1.54) is 24.3 Å². The molecule has 1 amide bonds. The molecule has 0 atom stereocenters. The summed E-state index contributed by atoms with van der Waals surface area (Å²) >= 11 is 0. The van der Waals surface area contributed by atoms with Gasteiger partial charge in [-0.2, -0.15) is 0 Å². The maximum absolute atomic E-state index is 13.2. The Hall–Kier alpha value is -4.46. The summed E-state index contributed by atoms with van der Waals surface area (Å²) in [5.74, 6) is -0.940. The number of fused-ring (bicyclic) bond motifs is 1. The highest BCUT2D eigenvalue weighted by Gasteiger charge is 2.25. The normalized spacial score (nSPS) is 10.7. The van der Waals surface area contributed by atoms with E-state index in [4.69, 9.17) is 4.74 Å². The summed E-state index contributed by atoms with van der Waals surface area (Å²) in [5, 5.41) is 13.5. The van der Waals surface area contributed by atoms with Crippen molar-refractivity contribution in [2.75, 3.05) is 11.9 Å². The molecule has 0 saturated heterocycles. The van der Waals surface area contributed by atoms with E-state index >= 15 is 0 Å². The highest BCUT2D eigenvalue weighted by Crippen LogP contribution is 2.30. The number of nitro groups is 1. The molecule has 0 saturated carbocycles. The topological polar surface area (TPSA) is 103 Å². The molecule has 160 valence electrons. The maximum atomic E-state index is 13.2. The fraction of sp³-hybridized carbons (Fsp3) is 0.0833. The third-order valence-corrected chi connectivity index (χ3v) is 4.89. The number of nitro benzene ring substituents is 1. The van der Waals surface area contributed by atoms with E-state index in [0.717, 1.165) is 11.1 Å². The second kappa shape index (κ2) is 8.73. The van der Waals surface area contributed by atoms with Crippen LogP contribution in [0.1, 0.15) is 17.4 Å². The Balaban J connectivity index is 1.72. The van der Waals surface area contributed by atoms with Crippen LogP contribution in [0, 0.1) is 10.1 Å². The first kappa shape index (κ1) is 20.8. The molecular formula is C24H19N3O5. The van der Waals surface area contributed by atoms with Crippen LogP contribution in [-0.2, 0) is 4.79 Å². The van der Waals surface area contributed by atoms with Gasteiger partial charge in [-0.25, -0.2) is 0 Å². The summed E-state index contributed by atoms with van der Waals surface area (Å²) in [4.78, 5) is 36.4. The maximum Gasteiger partial charge on any atom is 0.298 e. The first-order chi connectivity index (χ1) is 15.5. The summed E-state index contributed by atoms with van der Waals surface area (Å²) in [6.45, 7) is 2.43. The minimum Gasteiger partial charge on any atom is -0.494 e. The van der Waals surface area contributed by atoms with E-state index in [9.17, 15) is 19.7 Å². The van der Waals surface area contributed by atoms with Gasteiger partial charge < -0.3 is 14.5 Å². The smallest absolute Gasteiger partial charge is 0.298 e. The number of ether oxygens (including phenoxy) is 1. The monoisotopic (exact) mass is 429 g/mol. The van der Waals surface area contributed by atoms with Crippen molar-refractivity contribution in [2.45, 2.75) is 6.92 Å². The van der Waals surface area contributed by atoms with Gasteiger partial charge in [0.15, 0.2) is 0 Å². The molecule has 8 nitrogen and oxygen atoms in total. The van der Waals surface area contributed by atoms with E-state index in [1.807, 2.05) is 37.3 Å². The number of anilines is 1. The first-order valence-electron chi connectivity index (χ1n) is 9.91. The van der Waals surface area contributed by atoms with Crippen LogP contribution < -0.4 is 10.1 Å². The molecule has 0 aliphatic heterocycles. The number of hydrogen-bond acceptors (Lipinski definition) is 5. The number of nitrogens with one attached hydrogen (secondary N) is 1. The Morgan fingerprint density at radius 3 is 2.53 bits per heavy atom. The van der Waals surface area contributed by atoms with Crippen LogP contribution >= 0.6 is 0 Å². The summed E-state index contributed by atoms with van der Waals surface area (Å²) in [5.41, 5.74) is 2.29. The Morgan fingerprint density at radius 1 is 1.03 bits per heavy atom. The molecule has 0 bridgehead atoms. The first-order valence-corrected chi connectivity index (χ1v) is 9.91. The molecule has 0 unspecified atom stereocenters. The molecule has 0 aliphatic carbocycles. The van der Waals surface area contributed by atoms with Crippen molar-refractivity contribution in [2.24, 2.45) is 0 Å². The summed E-state index contributed by atoms with van der Waals surface area (Å²) in [6.07, 6.45) is 1.71. The molecule has 4 rings (SSSR count). The predicted octanol–water partition coefficient (Wildman–Crippen LogP) is 4.73. The standard InChI is InChI=1S/C24H19N3O5/c1-2-32-20-11-9-16(10-12-20)21-15-18-7-3-4-13-26(18)22(21)23(28)24(29)25-17-6-5-8-19(14-17)27(30)31/h3-15H,2H2,1H3,(H,25,29). The van der Waals surface area contributed by atoms with Gasteiger partial charge in [-0.15, -0.1) is 0 Å². The Bertz CT molecular complexity index is 1330. The van der Waals surface area contributed by atoms with Crippen molar-refractivity contribution < 1.29 is 19.2 Å². The molecule has 4 aromatic rings. The summed E-state index contributed by atoms with van der Waals surface area (Å²) < 4.78 is 7.13. The lowest BCUT2D eigenvalue weighted by Crippen LogP contribution is -2.24. The number of rotatable bonds is 7. The highest BCUT2D eigenvalue weighted by molar-refractivity contribution is 6.47. The molecule has 0 spiro atoms. The molecular weight excluding hydrogens is 410 g/mol. The Labute approximate surface area is 183 Å². The molecule has 1 N–H and O–H groups in total. The van der Waals surface area contributed by atoms with Gasteiger partial charge in [0.05, 0.1) is 11.5 Å². The number of nitrogens with zero attached hydrogens (tertiary/aromatic N) is 2. The van der Waals surface area contributed by atoms with Crippen LogP contribution in [0.3, 0.4) is 0 Å². The van der Waals surface area contributed by atoms with Crippen molar-refractivity contribution in [3.63, 3.8) is 0 Å². The van der Waals surface area contributed by atoms with Gasteiger partial charge in [-0.3, -0.25) is 19.7 Å². The van der Waals surface area contributed by atoms with Gasteiger partial charge in [0, 0.05) is 35.1 Å². The predicted molar refractivity (Wildman–Crippen MR) is 120 cm³/mol. The zero-order valence-corrected chi connectivity index (χ0v) is 17.1. The quantitative estimate of drug-likeness (QED) is 0.198. The van der Waals surface area contributed by atoms with Crippen molar-refractivity contribution in [1.29, 1.82) is 0 Å². The minimum atomic E-state index is -0.887. The van der Waals surface area contributed by atoms with Crippen molar-refractivity contribution in [3.05, 3.63) is 94.8 Å². The number of ketones is 1. The molecule has 32 heavy (non-hydrogen) atoms. The van der Waals surface area contributed by atoms with Gasteiger partial charge in [-0.05, 0) is 48.9 Å². The van der Waals surface area contributed by atoms with E-state index in [0.29, 0.717) is 17.9 Å². The SMILES string of the molecule is CCOc1ccc(-c2cc3ccccn3c2C(=O)C(=O)Nc2cccc([N+](=O)[O-])c2)cc1. The third-order valence-electron chi connectivity index (χ3n) is 4.89. The minimum absolute atomic E-state index is 0.168. The average molecular weight is 429 g/mol. The number of carbonyl (C=O) groups excluding carboxylic acids is 2. The molecule has 0 radical (unpaired) electrons. The fourth-order valence-electron chi connectivity index (χ4n) is 3.47. The number of Topliss-reactive ketones (excluding diaryl/α,β-unsaturated/α-hetero) is 1. The Kier molecular flexibility index (Phi) is 5.67. The number of pyridine rings is 1. The zero-order chi connectivity index (χ0) is 22.7. The van der Waals surface area contributed by atoms with Gasteiger partial charge >= 0.3 is 0 Å². The number of hydrogen-bond donors (Lipinski definition) is 1. The van der Waals surface area contributed by atoms with Crippen molar-refractivity contribution in [1.82, 2.24) is 4.40 Å². The molecule has 0 aliphatic rings. The summed E-state index contributed by atoms with van der Waals surface area (Å²) in [7, 11) is 0. The third kappa shape index (κ3) is 4.06. The molecule has 2 aromatic heterocycles. The second-order valence-corrected chi connectivity index (χ2v) is 6.95. The second-order valence-electron chi connectivity index (χ2n) is 6.95. The van der Waals surface area contributed by atoms with Crippen LogP contribution in [0.25, 0.3) is 16.6 Å². The van der Waals surface area contributed by atoms with Crippen LogP contribution in [0.15, 0.2) is 79.0 Å². The highest BCUT2D eigenvalue weighted by atomic mass is 16.6. The summed E-state index contributed by atoms with van der Waals surface area (Å²) in [6, 6.07) is 20.0. The van der Waals surface area contributed by atoms with E-state index < -0.39 is 16.6 Å². The van der Waals surface area contributed by atoms with Crippen LogP contribution in [0.2, 0.25) is 0 Å². The van der Waals surface area contributed by atoms with E-state index in [2.05, 4.69) is 5.32 Å². The van der Waals surface area contributed by atoms with E-state index in [-0.39, 0.29) is 17.1 Å². The number of benzene rings is 2. The lowest BCUT2D eigenvalue weighted by atomic mass is 10.0. The van der Waals surface area contributed by atoms with Gasteiger partial charge in [0.2, 0.25) is 0 Å². The Morgan fingerprint density at radius 2 is 1.81 bits per heavy atom. The van der Waals surface area contributed by atoms with Gasteiger partial charge in [0.1, 0.15) is 11.4 Å². The van der Waals surface area contributed by atoms with Crippen molar-refractivity contribution >= 4 is 28.6 Å². The van der Waals surface area contributed by atoms with Gasteiger partial charge in [-0.1, -0.05) is 24.3 Å². The van der Waals surface area contributed by atoms with Crippen LogP contribution in [0.5, 0.6) is 5.75 Å². The molecule has 2 aromatic carbocycles. The fourth-order valence-corrected chi connectivity index (χ4v) is 3.47. The lowest BCUT2D eigenvalue weighted by Gasteiger charge is -2.08. The number of non-ortho nitro benzene ring substituents is 1. The van der Waals surface area contributed by atoms with Gasteiger partial charge in [0.25, 0.3) is 17.4 Å². The lowest BCUT2D eigenvalue weighted by molar-refractivity contribution is -0.384. The number of aromatic nitrogens is 1. The number of amides is 1. The van der Waals surface area contributed by atoms with Crippen LogP contribution in [0.4, 0.5) is 11.4 Å². The number of carbonyl (C=O) groups is 2. The molecule has 8 heteroatoms. The molecule has 0 fully saturated rings. The largest absolute Gasteiger partial charge is 0.494 e. The van der Waals surface area contributed by atoms with Crippen molar-refractivity contribution in [3.8, 4) is 16.9 Å². The van der Waals surface area contributed by atoms with Crippen LogP contribution in [-0.4, -0.2) is 27.6 Å². The molecule has 2 heterocycles.